The van der Waals surface area contributed by atoms with E-state index in [2.05, 4.69) is 21.8 Å². The summed E-state index contributed by atoms with van der Waals surface area (Å²) in [6.45, 7) is 5.09. The Bertz CT molecular complexity index is 637. The van der Waals surface area contributed by atoms with Crippen molar-refractivity contribution in [1.29, 1.82) is 0 Å². The molecule has 1 atom stereocenters. The van der Waals surface area contributed by atoms with E-state index >= 15 is 0 Å². The van der Waals surface area contributed by atoms with Crippen LogP contribution >= 0.6 is 0 Å². The molecule has 1 saturated heterocycles. The molecular weight excluding hydrogens is 240 g/mol. The summed E-state index contributed by atoms with van der Waals surface area (Å²) in [5.41, 5.74) is 0.706. The van der Waals surface area contributed by atoms with Crippen molar-refractivity contribution < 1.29 is 0 Å². The van der Waals surface area contributed by atoms with Gasteiger partial charge in [0.1, 0.15) is 0 Å². The van der Waals surface area contributed by atoms with E-state index in [0.29, 0.717) is 16.9 Å². The van der Waals surface area contributed by atoms with Crippen LogP contribution in [0.4, 0.5) is 0 Å². The second-order valence-corrected chi connectivity index (χ2v) is 5.02. The van der Waals surface area contributed by atoms with E-state index in [1.54, 1.807) is 29.4 Å². The number of rotatable bonds is 3. The minimum atomic E-state index is 0.0374. The lowest BCUT2D eigenvalue weighted by molar-refractivity contribution is 0.242. The molecule has 0 unspecified atom stereocenters. The van der Waals surface area contributed by atoms with Gasteiger partial charge in [0.2, 0.25) is 0 Å². The number of likely N-dealkylation sites (tertiary alicyclic amines) is 1. The van der Waals surface area contributed by atoms with Crippen LogP contribution in [-0.4, -0.2) is 38.6 Å². The summed E-state index contributed by atoms with van der Waals surface area (Å²) in [5.74, 6) is 0. The molecule has 0 spiro atoms. The van der Waals surface area contributed by atoms with Crippen LogP contribution in [0.3, 0.4) is 0 Å². The Labute approximate surface area is 111 Å². The van der Waals surface area contributed by atoms with Crippen LogP contribution in [-0.2, 0) is 6.54 Å². The van der Waals surface area contributed by atoms with E-state index < -0.39 is 0 Å². The van der Waals surface area contributed by atoms with E-state index in [4.69, 9.17) is 0 Å². The van der Waals surface area contributed by atoms with Crippen LogP contribution in [0.15, 0.2) is 29.6 Å². The molecule has 0 amide bonds. The van der Waals surface area contributed by atoms with Crippen molar-refractivity contribution in [1.82, 2.24) is 19.4 Å². The van der Waals surface area contributed by atoms with E-state index in [1.165, 1.54) is 6.42 Å². The summed E-state index contributed by atoms with van der Waals surface area (Å²) in [6.07, 6.45) is 7.31. The number of hydrogen-bond donors (Lipinski definition) is 0. The molecule has 2 aromatic heterocycles. The largest absolute Gasteiger partial charge is 0.299 e. The fourth-order valence-electron chi connectivity index (χ4n) is 2.88. The van der Waals surface area contributed by atoms with E-state index in [0.717, 1.165) is 26.1 Å². The number of nitrogens with zero attached hydrogens (tertiary/aromatic N) is 4. The second kappa shape index (κ2) is 5.09. The molecule has 0 radical (unpaired) electrons. The van der Waals surface area contributed by atoms with Crippen LogP contribution < -0.4 is 5.56 Å². The zero-order chi connectivity index (χ0) is 13.2. The standard InChI is InChI=1S/C14H18N4O/c1-2-17-7-3-4-11(17)9-18-10-16-13-8-15-6-5-12(13)14(18)19/h5-6,8,10-11H,2-4,7,9H2,1H3/t11-/m1/s1. The predicted octanol–water partition coefficient (Wildman–Crippen LogP) is 1.28. The molecule has 0 aromatic carbocycles. The van der Waals surface area contributed by atoms with E-state index in [9.17, 15) is 4.79 Å². The molecule has 19 heavy (non-hydrogen) atoms. The number of aromatic nitrogens is 3. The molecule has 1 aliphatic rings. The smallest absolute Gasteiger partial charge is 0.261 e. The number of hydrogen-bond acceptors (Lipinski definition) is 4. The Balaban J connectivity index is 1.93. The fraction of sp³-hybridized carbons (Fsp3) is 0.500. The monoisotopic (exact) mass is 258 g/mol. The van der Waals surface area contributed by atoms with Crippen LogP contribution in [0.25, 0.3) is 10.9 Å². The highest BCUT2D eigenvalue weighted by molar-refractivity contribution is 5.75. The average Bonchev–Trinajstić information content (AvgIpc) is 2.89. The van der Waals surface area contributed by atoms with Crippen molar-refractivity contribution in [3.05, 3.63) is 35.1 Å². The molecule has 0 saturated carbocycles. The number of fused-ring (bicyclic) bond motifs is 1. The summed E-state index contributed by atoms with van der Waals surface area (Å²) >= 11 is 0. The van der Waals surface area contributed by atoms with Crippen molar-refractivity contribution >= 4 is 10.9 Å². The molecular formula is C14H18N4O. The van der Waals surface area contributed by atoms with E-state index in [-0.39, 0.29) is 5.56 Å². The average molecular weight is 258 g/mol. The van der Waals surface area contributed by atoms with Gasteiger partial charge in [0, 0.05) is 18.8 Å². The van der Waals surface area contributed by atoms with Gasteiger partial charge in [-0.3, -0.25) is 19.2 Å². The van der Waals surface area contributed by atoms with Gasteiger partial charge in [-0.25, -0.2) is 4.98 Å². The quantitative estimate of drug-likeness (QED) is 0.832. The number of likely N-dealkylation sites (N-methyl/N-ethyl adjacent to an activating group) is 1. The predicted molar refractivity (Wildman–Crippen MR) is 74.1 cm³/mol. The Morgan fingerprint density at radius 1 is 1.47 bits per heavy atom. The van der Waals surface area contributed by atoms with Gasteiger partial charge in [-0.2, -0.15) is 0 Å². The topological polar surface area (TPSA) is 51.0 Å². The van der Waals surface area contributed by atoms with Gasteiger partial charge in [0.15, 0.2) is 0 Å². The van der Waals surface area contributed by atoms with Crippen molar-refractivity contribution in [3.63, 3.8) is 0 Å². The SMILES string of the molecule is CCN1CCC[C@@H]1Cn1cnc2cnccc2c1=O. The molecule has 1 aliphatic heterocycles. The number of pyridine rings is 1. The van der Waals surface area contributed by atoms with Gasteiger partial charge >= 0.3 is 0 Å². The molecule has 5 nitrogen and oxygen atoms in total. The second-order valence-electron chi connectivity index (χ2n) is 5.02. The Hall–Kier alpha value is -1.75. The first kappa shape index (κ1) is 12.3. The third-order valence-electron chi connectivity index (χ3n) is 3.94. The highest BCUT2D eigenvalue weighted by Crippen LogP contribution is 2.17. The zero-order valence-electron chi connectivity index (χ0n) is 11.1. The summed E-state index contributed by atoms with van der Waals surface area (Å²) in [7, 11) is 0. The van der Waals surface area contributed by atoms with Gasteiger partial charge in [0.25, 0.3) is 5.56 Å². The zero-order valence-corrected chi connectivity index (χ0v) is 11.1. The molecule has 3 rings (SSSR count). The third-order valence-corrected chi connectivity index (χ3v) is 3.94. The lowest BCUT2D eigenvalue weighted by Gasteiger charge is -2.23. The molecule has 5 heteroatoms. The maximum Gasteiger partial charge on any atom is 0.261 e. The van der Waals surface area contributed by atoms with Crippen LogP contribution in [0.5, 0.6) is 0 Å². The highest BCUT2D eigenvalue weighted by Gasteiger charge is 2.23. The van der Waals surface area contributed by atoms with Crippen molar-refractivity contribution in [3.8, 4) is 0 Å². The minimum Gasteiger partial charge on any atom is -0.299 e. The van der Waals surface area contributed by atoms with Gasteiger partial charge in [-0.1, -0.05) is 6.92 Å². The first-order valence-electron chi connectivity index (χ1n) is 6.83. The molecule has 3 heterocycles. The Morgan fingerprint density at radius 3 is 3.21 bits per heavy atom. The molecule has 1 fully saturated rings. The maximum absolute atomic E-state index is 12.4. The first-order chi connectivity index (χ1) is 9.29. The third kappa shape index (κ3) is 2.26. The summed E-state index contributed by atoms with van der Waals surface area (Å²) in [6, 6.07) is 2.21. The summed E-state index contributed by atoms with van der Waals surface area (Å²) < 4.78 is 1.74. The fourth-order valence-corrected chi connectivity index (χ4v) is 2.88. The minimum absolute atomic E-state index is 0.0374. The lowest BCUT2D eigenvalue weighted by Crippen LogP contribution is -2.36. The molecule has 0 aliphatic carbocycles. The normalized spacial score (nSPS) is 20.2. The summed E-state index contributed by atoms with van der Waals surface area (Å²) in [4.78, 5) is 23.1. The van der Waals surface area contributed by atoms with Crippen molar-refractivity contribution in [2.75, 3.05) is 13.1 Å². The van der Waals surface area contributed by atoms with Gasteiger partial charge in [0.05, 0.1) is 23.4 Å². The highest BCUT2D eigenvalue weighted by atomic mass is 16.1. The maximum atomic E-state index is 12.4. The van der Waals surface area contributed by atoms with Crippen LogP contribution in [0.2, 0.25) is 0 Å². The van der Waals surface area contributed by atoms with Crippen LogP contribution in [0.1, 0.15) is 19.8 Å². The van der Waals surface area contributed by atoms with Crippen molar-refractivity contribution in [2.45, 2.75) is 32.4 Å². The van der Waals surface area contributed by atoms with Gasteiger partial charge in [-0.05, 0) is 32.0 Å². The molecule has 100 valence electrons. The summed E-state index contributed by atoms with van der Waals surface area (Å²) in [5, 5.41) is 0.651. The molecule has 0 N–H and O–H groups in total. The first-order valence-corrected chi connectivity index (χ1v) is 6.83. The van der Waals surface area contributed by atoms with Gasteiger partial charge < -0.3 is 0 Å². The Morgan fingerprint density at radius 2 is 2.37 bits per heavy atom. The lowest BCUT2D eigenvalue weighted by atomic mass is 10.2. The molecule has 0 bridgehead atoms. The van der Waals surface area contributed by atoms with Gasteiger partial charge in [-0.15, -0.1) is 0 Å². The van der Waals surface area contributed by atoms with Crippen LogP contribution in [0, 0.1) is 0 Å². The molecule has 2 aromatic rings. The van der Waals surface area contributed by atoms with Crippen molar-refractivity contribution in [2.24, 2.45) is 0 Å². The van der Waals surface area contributed by atoms with E-state index in [1.807, 2.05) is 0 Å². The Kier molecular flexibility index (Phi) is 3.29.